The van der Waals surface area contributed by atoms with Crippen LogP contribution in [0.5, 0.6) is 11.5 Å². The lowest BCUT2D eigenvalue weighted by atomic mass is 10.2. The van der Waals surface area contributed by atoms with Crippen molar-refractivity contribution in [2.45, 2.75) is 13.2 Å². The van der Waals surface area contributed by atoms with Crippen molar-refractivity contribution in [3.8, 4) is 11.5 Å². The standard InChI is InChI=1S/C18H19ClF2N2O3/c1-23(10-12-3-6-14(7-4-12)26-18(20)21)11-17(24)22-15-9-13(19)5-8-16(15)25-2/h3-9,18H,10-11H2,1-2H3,(H,22,24). The molecule has 0 aliphatic rings. The molecule has 2 aromatic rings. The van der Waals surface area contributed by atoms with Gasteiger partial charge >= 0.3 is 6.61 Å². The summed E-state index contributed by atoms with van der Waals surface area (Å²) in [5.41, 5.74) is 1.36. The molecule has 8 heteroatoms. The highest BCUT2D eigenvalue weighted by Gasteiger charge is 2.11. The SMILES string of the molecule is COc1ccc(Cl)cc1NC(=O)CN(C)Cc1ccc(OC(F)F)cc1. The maximum absolute atomic E-state index is 12.2. The Kier molecular flexibility index (Phi) is 7.17. The Morgan fingerprint density at radius 1 is 1.23 bits per heavy atom. The van der Waals surface area contributed by atoms with Crippen LogP contribution in [0, 0.1) is 0 Å². The first kappa shape index (κ1) is 19.9. The summed E-state index contributed by atoms with van der Waals surface area (Å²) in [4.78, 5) is 14.0. The van der Waals surface area contributed by atoms with Crippen molar-refractivity contribution in [2.75, 3.05) is 26.0 Å². The zero-order chi connectivity index (χ0) is 19.1. The Hall–Kier alpha value is -2.38. The zero-order valence-corrected chi connectivity index (χ0v) is 15.1. The predicted molar refractivity (Wildman–Crippen MR) is 96.0 cm³/mol. The van der Waals surface area contributed by atoms with Crippen LogP contribution in [-0.4, -0.2) is 38.1 Å². The van der Waals surface area contributed by atoms with E-state index in [1.165, 1.54) is 19.2 Å². The first-order chi connectivity index (χ1) is 12.4. The molecule has 0 spiro atoms. The molecule has 140 valence electrons. The molecule has 0 radical (unpaired) electrons. The maximum Gasteiger partial charge on any atom is 0.387 e. The van der Waals surface area contributed by atoms with Gasteiger partial charge in [-0.3, -0.25) is 9.69 Å². The van der Waals surface area contributed by atoms with Crippen LogP contribution < -0.4 is 14.8 Å². The van der Waals surface area contributed by atoms with Crippen LogP contribution in [-0.2, 0) is 11.3 Å². The van der Waals surface area contributed by atoms with Gasteiger partial charge in [-0.25, -0.2) is 0 Å². The smallest absolute Gasteiger partial charge is 0.387 e. The number of benzene rings is 2. The van der Waals surface area contributed by atoms with Crippen LogP contribution in [0.3, 0.4) is 0 Å². The van der Waals surface area contributed by atoms with Gasteiger partial charge in [-0.15, -0.1) is 0 Å². The van der Waals surface area contributed by atoms with Gasteiger partial charge in [0.25, 0.3) is 0 Å². The van der Waals surface area contributed by atoms with Gasteiger partial charge in [0.15, 0.2) is 0 Å². The molecule has 2 aromatic carbocycles. The number of carbonyl (C=O) groups excluding carboxylic acids is 1. The summed E-state index contributed by atoms with van der Waals surface area (Å²) in [5.74, 6) is 0.378. The topological polar surface area (TPSA) is 50.8 Å². The summed E-state index contributed by atoms with van der Waals surface area (Å²) in [6, 6.07) is 11.2. The van der Waals surface area contributed by atoms with Crippen molar-refractivity contribution in [1.82, 2.24) is 4.90 Å². The Morgan fingerprint density at radius 2 is 1.92 bits per heavy atom. The number of alkyl halides is 2. The average molecular weight is 385 g/mol. The second kappa shape index (κ2) is 9.35. The summed E-state index contributed by atoms with van der Waals surface area (Å²) >= 11 is 5.94. The van der Waals surface area contributed by atoms with Gasteiger partial charge in [0.1, 0.15) is 11.5 Å². The molecule has 0 atom stereocenters. The largest absolute Gasteiger partial charge is 0.495 e. The fraction of sp³-hybridized carbons (Fsp3) is 0.278. The number of hydrogen-bond donors (Lipinski definition) is 1. The zero-order valence-electron chi connectivity index (χ0n) is 14.3. The van der Waals surface area contributed by atoms with Gasteiger partial charge in [0.2, 0.25) is 5.91 Å². The maximum atomic E-state index is 12.2. The van der Waals surface area contributed by atoms with Crippen molar-refractivity contribution in [1.29, 1.82) is 0 Å². The molecule has 0 aromatic heterocycles. The quantitative estimate of drug-likeness (QED) is 0.746. The molecule has 0 fully saturated rings. The molecule has 1 N–H and O–H groups in total. The fourth-order valence-electron chi connectivity index (χ4n) is 2.36. The first-order valence-electron chi connectivity index (χ1n) is 7.73. The first-order valence-corrected chi connectivity index (χ1v) is 8.11. The molecule has 26 heavy (non-hydrogen) atoms. The van der Waals surface area contributed by atoms with E-state index in [1.807, 2.05) is 0 Å². The van der Waals surface area contributed by atoms with E-state index in [-0.39, 0.29) is 18.2 Å². The fourth-order valence-corrected chi connectivity index (χ4v) is 2.53. The van der Waals surface area contributed by atoms with Crippen LogP contribution >= 0.6 is 11.6 Å². The summed E-state index contributed by atoms with van der Waals surface area (Å²) in [7, 11) is 3.28. The van der Waals surface area contributed by atoms with Crippen molar-refractivity contribution in [2.24, 2.45) is 0 Å². The molecular weight excluding hydrogens is 366 g/mol. The van der Waals surface area contributed by atoms with Crippen molar-refractivity contribution in [3.63, 3.8) is 0 Å². The Bertz CT molecular complexity index is 742. The van der Waals surface area contributed by atoms with E-state index in [2.05, 4.69) is 10.1 Å². The molecule has 0 heterocycles. The minimum absolute atomic E-state index is 0.0946. The monoisotopic (exact) mass is 384 g/mol. The normalized spacial score (nSPS) is 10.9. The van der Waals surface area contributed by atoms with Crippen LogP contribution in [0.1, 0.15) is 5.56 Å². The highest BCUT2D eigenvalue weighted by Crippen LogP contribution is 2.27. The van der Waals surface area contributed by atoms with E-state index in [0.29, 0.717) is 23.0 Å². The molecule has 0 saturated heterocycles. The number of nitrogens with one attached hydrogen (secondary N) is 1. The predicted octanol–water partition coefficient (Wildman–Crippen LogP) is 4.02. The number of nitrogens with zero attached hydrogens (tertiary/aromatic N) is 1. The minimum Gasteiger partial charge on any atom is -0.495 e. The lowest BCUT2D eigenvalue weighted by Crippen LogP contribution is -2.29. The molecule has 2 rings (SSSR count). The summed E-state index contributed by atoms with van der Waals surface area (Å²) in [6.45, 7) is -2.25. The summed E-state index contributed by atoms with van der Waals surface area (Å²) < 4.78 is 33.8. The van der Waals surface area contributed by atoms with E-state index in [1.54, 1.807) is 42.3 Å². The summed E-state index contributed by atoms with van der Waals surface area (Å²) in [5, 5.41) is 3.24. The van der Waals surface area contributed by atoms with Crippen molar-refractivity contribution in [3.05, 3.63) is 53.1 Å². The third-order valence-electron chi connectivity index (χ3n) is 3.45. The number of hydrogen-bond acceptors (Lipinski definition) is 4. The minimum atomic E-state index is -2.85. The van der Waals surface area contributed by atoms with Gasteiger partial charge in [-0.05, 0) is 42.9 Å². The number of amides is 1. The van der Waals surface area contributed by atoms with E-state index in [4.69, 9.17) is 16.3 Å². The lowest BCUT2D eigenvalue weighted by molar-refractivity contribution is -0.117. The number of ether oxygens (including phenoxy) is 2. The van der Waals surface area contributed by atoms with Gasteiger partial charge in [-0.2, -0.15) is 8.78 Å². The lowest BCUT2D eigenvalue weighted by Gasteiger charge is -2.17. The van der Waals surface area contributed by atoms with Crippen LogP contribution in [0.4, 0.5) is 14.5 Å². The second-order valence-corrected chi connectivity index (χ2v) is 6.02. The molecular formula is C18H19ClF2N2O3. The van der Waals surface area contributed by atoms with E-state index >= 15 is 0 Å². The number of carbonyl (C=O) groups is 1. The highest BCUT2D eigenvalue weighted by atomic mass is 35.5. The van der Waals surface area contributed by atoms with Crippen LogP contribution in [0.25, 0.3) is 0 Å². The molecule has 0 unspecified atom stereocenters. The molecule has 1 amide bonds. The number of rotatable bonds is 8. The third-order valence-corrected chi connectivity index (χ3v) is 3.69. The Labute approximate surface area is 155 Å². The second-order valence-electron chi connectivity index (χ2n) is 5.59. The third kappa shape index (κ3) is 6.16. The van der Waals surface area contributed by atoms with Crippen molar-refractivity contribution >= 4 is 23.2 Å². The van der Waals surface area contributed by atoms with Crippen molar-refractivity contribution < 1.29 is 23.0 Å². The van der Waals surface area contributed by atoms with Gasteiger partial charge < -0.3 is 14.8 Å². The van der Waals surface area contributed by atoms with E-state index in [0.717, 1.165) is 5.56 Å². The summed E-state index contributed by atoms with van der Waals surface area (Å²) in [6.07, 6.45) is 0. The van der Waals surface area contributed by atoms with Gasteiger partial charge in [0.05, 0.1) is 19.3 Å². The van der Waals surface area contributed by atoms with E-state index < -0.39 is 6.61 Å². The van der Waals surface area contributed by atoms with Gasteiger partial charge in [0, 0.05) is 11.6 Å². The number of likely N-dealkylation sites (N-methyl/N-ethyl adjacent to an activating group) is 1. The Balaban J connectivity index is 1.90. The molecule has 0 aliphatic carbocycles. The number of anilines is 1. The molecule has 0 bridgehead atoms. The number of methoxy groups -OCH3 is 1. The molecule has 5 nitrogen and oxygen atoms in total. The van der Waals surface area contributed by atoms with Crippen LogP contribution in [0.15, 0.2) is 42.5 Å². The molecule has 0 saturated carbocycles. The Morgan fingerprint density at radius 3 is 2.54 bits per heavy atom. The van der Waals surface area contributed by atoms with Gasteiger partial charge in [-0.1, -0.05) is 23.7 Å². The van der Waals surface area contributed by atoms with E-state index in [9.17, 15) is 13.6 Å². The molecule has 0 aliphatic heterocycles. The van der Waals surface area contributed by atoms with Crippen LogP contribution in [0.2, 0.25) is 5.02 Å². The number of halogens is 3. The highest BCUT2D eigenvalue weighted by molar-refractivity contribution is 6.31. The average Bonchev–Trinajstić information content (AvgIpc) is 2.56.